The highest BCUT2D eigenvalue weighted by Gasteiger charge is 2.14. The van der Waals surface area contributed by atoms with Gasteiger partial charge in [-0.25, -0.2) is 0 Å². The van der Waals surface area contributed by atoms with E-state index in [-0.39, 0.29) is 11.4 Å². The van der Waals surface area contributed by atoms with E-state index in [0.717, 1.165) is 5.57 Å². The molecule has 1 heteroatoms. The summed E-state index contributed by atoms with van der Waals surface area (Å²) in [6.07, 6.45) is 0.992. The third-order valence-corrected chi connectivity index (χ3v) is 1.43. The van der Waals surface area contributed by atoms with Crippen LogP contribution < -0.4 is 0 Å². The second-order valence-electron chi connectivity index (χ2n) is 2.08. The Morgan fingerprint density at radius 1 is 1.62 bits per heavy atom. The van der Waals surface area contributed by atoms with Gasteiger partial charge < -0.3 is 0 Å². The Balaban J connectivity index is 3.02. The van der Waals surface area contributed by atoms with E-state index in [9.17, 15) is 4.79 Å². The number of ketones is 1. The standard InChI is InChI=1S/C7H10O/c1-5-3-4-7(8)6(5)2/h3-4H2,1-2H3/i2D3. The van der Waals surface area contributed by atoms with Gasteiger partial charge in [-0.2, -0.15) is 0 Å². The van der Waals surface area contributed by atoms with Crippen LogP contribution in [0.1, 0.15) is 30.7 Å². The minimum Gasteiger partial charge on any atom is -0.295 e. The van der Waals surface area contributed by atoms with Crippen molar-refractivity contribution in [2.45, 2.75) is 26.6 Å². The van der Waals surface area contributed by atoms with E-state index in [1.807, 2.05) is 0 Å². The van der Waals surface area contributed by atoms with Crippen LogP contribution in [0.3, 0.4) is 0 Å². The Labute approximate surface area is 53.6 Å². The van der Waals surface area contributed by atoms with Crippen LogP contribution in [-0.4, -0.2) is 5.78 Å². The van der Waals surface area contributed by atoms with Crippen molar-refractivity contribution in [3.05, 3.63) is 11.1 Å². The van der Waals surface area contributed by atoms with Gasteiger partial charge in [-0.1, -0.05) is 5.57 Å². The first-order valence-electron chi connectivity index (χ1n) is 4.16. The summed E-state index contributed by atoms with van der Waals surface area (Å²) in [5.74, 6) is -0.206. The van der Waals surface area contributed by atoms with Crippen molar-refractivity contribution in [2.75, 3.05) is 0 Å². The lowest BCUT2D eigenvalue weighted by molar-refractivity contribution is -0.114. The van der Waals surface area contributed by atoms with Crippen LogP contribution in [0.2, 0.25) is 0 Å². The Kier molecular flexibility index (Phi) is 0.608. The topological polar surface area (TPSA) is 17.1 Å². The fourth-order valence-corrected chi connectivity index (χ4v) is 0.789. The lowest BCUT2D eigenvalue weighted by Gasteiger charge is -1.86. The minimum atomic E-state index is -2.20. The van der Waals surface area contributed by atoms with Gasteiger partial charge in [0.25, 0.3) is 0 Å². The van der Waals surface area contributed by atoms with E-state index >= 15 is 0 Å². The molecule has 0 spiro atoms. The first kappa shape index (κ1) is 2.81. The molecule has 1 aliphatic rings. The number of Topliss-reactive ketones (excluding diaryl/α,β-unsaturated/α-hetero) is 1. The third kappa shape index (κ3) is 0.683. The van der Waals surface area contributed by atoms with Crippen LogP contribution >= 0.6 is 0 Å². The molecular formula is C7H10O. The summed E-state index contributed by atoms with van der Waals surface area (Å²) in [5, 5.41) is 0. The Hall–Kier alpha value is -0.590. The molecule has 0 amide bonds. The molecule has 0 radical (unpaired) electrons. The minimum absolute atomic E-state index is 0.0671. The van der Waals surface area contributed by atoms with Crippen molar-refractivity contribution in [3.8, 4) is 0 Å². The lowest BCUT2D eigenvalue weighted by atomic mass is 10.2. The predicted molar refractivity (Wildman–Crippen MR) is 32.6 cm³/mol. The maximum absolute atomic E-state index is 11.0. The molecule has 0 aromatic carbocycles. The van der Waals surface area contributed by atoms with Crippen LogP contribution in [0.5, 0.6) is 0 Å². The van der Waals surface area contributed by atoms with Crippen molar-refractivity contribution in [1.82, 2.24) is 0 Å². The van der Waals surface area contributed by atoms with Gasteiger partial charge in [0.05, 0.1) is 0 Å². The van der Waals surface area contributed by atoms with Gasteiger partial charge in [0.1, 0.15) is 0 Å². The number of allylic oxidation sites excluding steroid dienone is 2. The summed E-state index contributed by atoms with van der Waals surface area (Å²) < 4.78 is 21.1. The number of carbonyl (C=O) groups is 1. The van der Waals surface area contributed by atoms with Crippen molar-refractivity contribution < 1.29 is 8.91 Å². The van der Waals surface area contributed by atoms with Crippen LogP contribution in [0, 0.1) is 0 Å². The van der Waals surface area contributed by atoms with Crippen LogP contribution in [-0.2, 0) is 4.79 Å². The predicted octanol–water partition coefficient (Wildman–Crippen LogP) is 1.69. The summed E-state index contributed by atoms with van der Waals surface area (Å²) in [7, 11) is 0. The first-order valence-corrected chi connectivity index (χ1v) is 2.66. The van der Waals surface area contributed by atoms with E-state index in [0.29, 0.717) is 12.8 Å². The highest BCUT2D eigenvalue weighted by molar-refractivity contribution is 5.97. The van der Waals surface area contributed by atoms with Crippen LogP contribution in [0.25, 0.3) is 0 Å². The molecule has 8 heavy (non-hydrogen) atoms. The van der Waals surface area contributed by atoms with Gasteiger partial charge in [-0.05, 0) is 25.8 Å². The monoisotopic (exact) mass is 113 g/mol. The number of hydrogen-bond acceptors (Lipinski definition) is 1. The second-order valence-corrected chi connectivity index (χ2v) is 2.08. The largest absolute Gasteiger partial charge is 0.295 e. The van der Waals surface area contributed by atoms with E-state index in [1.165, 1.54) is 0 Å². The van der Waals surface area contributed by atoms with Crippen molar-refractivity contribution in [2.24, 2.45) is 0 Å². The van der Waals surface area contributed by atoms with Gasteiger partial charge in [0.2, 0.25) is 0 Å². The first-order chi connectivity index (χ1) is 4.93. The van der Waals surface area contributed by atoms with Crippen molar-refractivity contribution in [3.63, 3.8) is 0 Å². The third-order valence-electron chi connectivity index (χ3n) is 1.43. The SMILES string of the molecule is [2H]C([2H])([2H])C1=C(C)CCC1=O. The zero-order valence-corrected chi connectivity index (χ0v) is 4.82. The smallest absolute Gasteiger partial charge is 0.158 e. The molecule has 0 aliphatic heterocycles. The molecule has 0 saturated carbocycles. The van der Waals surface area contributed by atoms with E-state index in [1.54, 1.807) is 6.92 Å². The maximum atomic E-state index is 11.0. The molecule has 1 nitrogen and oxygen atoms in total. The average Bonchev–Trinajstić information content (AvgIpc) is 2.08. The quantitative estimate of drug-likeness (QED) is 0.467. The fraction of sp³-hybridized carbons (Fsp3) is 0.571. The number of rotatable bonds is 0. The Bertz CT molecular complexity index is 224. The number of carbonyl (C=O) groups excluding carboxylic acids is 1. The molecule has 0 N–H and O–H groups in total. The Morgan fingerprint density at radius 2 is 2.38 bits per heavy atom. The molecule has 0 unspecified atom stereocenters. The van der Waals surface area contributed by atoms with Gasteiger partial charge in [0, 0.05) is 10.5 Å². The molecule has 0 atom stereocenters. The van der Waals surface area contributed by atoms with Crippen LogP contribution in [0.4, 0.5) is 0 Å². The second kappa shape index (κ2) is 1.73. The summed E-state index contributed by atoms with van der Waals surface area (Å²) >= 11 is 0. The highest BCUT2D eigenvalue weighted by atomic mass is 16.1. The van der Waals surface area contributed by atoms with E-state index in [2.05, 4.69) is 0 Å². The molecule has 0 heterocycles. The molecule has 0 aromatic heterocycles. The lowest BCUT2D eigenvalue weighted by Crippen LogP contribution is -1.89. The van der Waals surface area contributed by atoms with Gasteiger partial charge >= 0.3 is 0 Å². The fourth-order valence-electron chi connectivity index (χ4n) is 0.789. The Morgan fingerprint density at radius 3 is 2.62 bits per heavy atom. The highest BCUT2D eigenvalue weighted by Crippen LogP contribution is 2.20. The molecule has 44 valence electrons. The average molecular weight is 113 g/mol. The molecule has 1 aliphatic carbocycles. The normalized spacial score (nSPS) is 27.6. The summed E-state index contributed by atoms with van der Waals surface area (Å²) in [4.78, 5) is 11.0. The zero-order valence-electron chi connectivity index (χ0n) is 7.82. The van der Waals surface area contributed by atoms with Crippen LogP contribution in [0.15, 0.2) is 11.1 Å². The summed E-state index contributed by atoms with van der Waals surface area (Å²) in [6, 6.07) is 0. The molecule has 0 saturated heterocycles. The molecule has 0 fully saturated rings. The van der Waals surface area contributed by atoms with Gasteiger partial charge in [-0.15, -0.1) is 0 Å². The molecule has 0 aromatic rings. The van der Waals surface area contributed by atoms with Crippen molar-refractivity contribution >= 4 is 5.78 Å². The van der Waals surface area contributed by atoms with E-state index in [4.69, 9.17) is 4.11 Å². The molecule has 0 bridgehead atoms. The van der Waals surface area contributed by atoms with Crippen molar-refractivity contribution in [1.29, 1.82) is 0 Å². The van der Waals surface area contributed by atoms with E-state index < -0.39 is 6.85 Å². The molecular weight excluding hydrogens is 100 g/mol. The summed E-state index contributed by atoms with van der Waals surface area (Å²) in [6.45, 7) is -0.482. The molecule has 1 rings (SSSR count). The summed E-state index contributed by atoms with van der Waals surface area (Å²) in [5.41, 5.74) is 0.799. The zero-order chi connectivity index (χ0) is 8.65. The van der Waals surface area contributed by atoms with Gasteiger partial charge in [0.15, 0.2) is 5.78 Å². The maximum Gasteiger partial charge on any atom is 0.158 e. The number of hydrogen-bond donors (Lipinski definition) is 0. The van der Waals surface area contributed by atoms with Gasteiger partial charge in [-0.3, -0.25) is 4.79 Å².